The fourth-order valence-electron chi connectivity index (χ4n) is 3.11. The van der Waals surface area contributed by atoms with Gasteiger partial charge in [0.15, 0.2) is 0 Å². The number of rotatable bonds is 4. The Morgan fingerprint density at radius 2 is 1.89 bits per heavy atom. The van der Waals surface area contributed by atoms with E-state index in [9.17, 15) is 4.79 Å². The number of carbonyl (C=O) groups is 1. The molecule has 2 aromatic carbocycles. The Balaban J connectivity index is 1.70. The molecule has 2 heterocycles. The molecule has 4 rings (SSSR count). The molecule has 27 heavy (non-hydrogen) atoms. The molecule has 0 radical (unpaired) electrons. The third-order valence-electron chi connectivity index (χ3n) is 4.53. The Kier molecular flexibility index (Phi) is 5.09. The summed E-state index contributed by atoms with van der Waals surface area (Å²) in [6, 6.07) is 19.4. The largest absolute Gasteiger partial charge is 0.497 e. The number of ether oxygens (including phenoxy) is 1. The minimum Gasteiger partial charge on any atom is -0.497 e. The zero-order valence-electron chi connectivity index (χ0n) is 14.6. The van der Waals surface area contributed by atoms with E-state index < -0.39 is 0 Å². The third kappa shape index (κ3) is 3.68. The summed E-state index contributed by atoms with van der Waals surface area (Å²) in [5, 5.41) is 8.23. The van der Waals surface area contributed by atoms with E-state index in [4.69, 9.17) is 9.84 Å². The lowest BCUT2D eigenvalue weighted by Gasteiger charge is -2.21. The first-order valence-electron chi connectivity index (χ1n) is 8.50. The van der Waals surface area contributed by atoms with Crippen molar-refractivity contribution in [2.75, 3.05) is 7.11 Å². The van der Waals surface area contributed by atoms with Gasteiger partial charge in [0.1, 0.15) is 5.75 Å². The molecule has 0 saturated carbocycles. The molecule has 0 fully saturated rings. The van der Waals surface area contributed by atoms with Crippen LogP contribution in [-0.4, -0.2) is 23.7 Å². The van der Waals surface area contributed by atoms with Crippen LogP contribution in [0.5, 0.6) is 5.75 Å². The number of nitrogens with zero attached hydrogens (tertiary/aromatic N) is 2. The van der Waals surface area contributed by atoms with Crippen LogP contribution in [0.3, 0.4) is 0 Å². The molecule has 4 nitrogen and oxygen atoms in total. The van der Waals surface area contributed by atoms with Crippen LogP contribution in [0.1, 0.15) is 33.3 Å². The lowest BCUT2D eigenvalue weighted by Crippen LogP contribution is -2.26. The van der Waals surface area contributed by atoms with Crippen molar-refractivity contribution in [3.63, 3.8) is 0 Å². The van der Waals surface area contributed by atoms with Gasteiger partial charge in [-0.2, -0.15) is 5.10 Å². The van der Waals surface area contributed by atoms with Crippen LogP contribution in [0, 0.1) is 0 Å². The van der Waals surface area contributed by atoms with Gasteiger partial charge in [0.25, 0.3) is 5.91 Å². The van der Waals surface area contributed by atoms with E-state index in [-0.39, 0.29) is 11.9 Å². The van der Waals surface area contributed by atoms with Crippen LogP contribution < -0.4 is 4.74 Å². The fraction of sp³-hybridized carbons (Fsp3) is 0.143. The molecule has 1 aliphatic heterocycles. The van der Waals surface area contributed by atoms with Crippen LogP contribution in [0.2, 0.25) is 0 Å². The van der Waals surface area contributed by atoms with Crippen molar-refractivity contribution in [3.8, 4) is 5.75 Å². The summed E-state index contributed by atoms with van der Waals surface area (Å²) in [6.45, 7) is 0. The van der Waals surface area contributed by atoms with E-state index in [1.54, 1.807) is 12.1 Å². The second-order valence-electron chi connectivity index (χ2n) is 6.17. The van der Waals surface area contributed by atoms with Crippen LogP contribution in [0.15, 0.2) is 75.6 Å². The maximum atomic E-state index is 13.0. The standard InChI is InChI=1S/C21H17BrN2O2S/c1-26-17-10-6-15(7-11-17)19-13-18(14-4-8-16(22)9-5-14)23-24(19)21(25)20-3-2-12-27-20/h2-12,19H,13H2,1H3. The number of amides is 1. The minimum atomic E-state index is -0.135. The Morgan fingerprint density at radius 3 is 2.52 bits per heavy atom. The lowest BCUT2D eigenvalue weighted by atomic mass is 9.98. The van der Waals surface area contributed by atoms with Crippen molar-refractivity contribution in [2.45, 2.75) is 12.5 Å². The minimum absolute atomic E-state index is 0.0714. The van der Waals surface area contributed by atoms with Crippen molar-refractivity contribution < 1.29 is 9.53 Å². The first-order valence-corrected chi connectivity index (χ1v) is 10.2. The third-order valence-corrected chi connectivity index (χ3v) is 5.91. The predicted molar refractivity (Wildman–Crippen MR) is 112 cm³/mol. The van der Waals surface area contributed by atoms with Crippen molar-refractivity contribution in [2.24, 2.45) is 5.10 Å². The Hall–Kier alpha value is -2.44. The van der Waals surface area contributed by atoms with Crippen molar-refractivity contribution >= 4 is 38.9 Å². The van der Waals surface area contributed by atoms with E-state index in [2.05, 4.69) is 15.9 Å². The van der Waals surface area contributed by atoms with E-state index in [1.807, 2.05) is 66.0 Å². The second kappa shape index (κ2) is 7.66. The molecule has 1 atom stereocenters. The molecule has 1 amide bonds. The highest BCUT2D eigenvalue weighted by Crippen LogP contribution is 2.35. The lowest BCUT2D eigenvalue weighted by molar-refractivity contribution is 0.0716. The Morgan fingerprint density at radius 1 is 1.15 bits per heavy atom. The molecule has 1 aromatic heterocycles. The highest BCUT2D eigenvalue weighted by Gasteiger charge is 2.34. The SMILES string of the molecule is COc1ccc(C2CC(c3ccc(Br)cc3)=NN2C(=O)c2cccs2)cc1. The number of methoxy groups -OCH3 is 1. The summed E-state index contributed by atoms with van der Waals surface area (Å²) >= 11 is 4.90. The van der Waals surface area contributed by atoms with Gasteiger partial charge >= 0.3 is 0 Å². The highest BCUT2D eigenvalue weighted by molar-refractivity contribution is 9.10. The highest BCUT2D eigenvalue weighted by atomic mass is 79.9. The first kappa shape index (κ1) is 17.9. The van der Waals surface area contributed by atoms with Gasteiger partial charge in [-0.15, -0.1) is 11.3 Å². The predicted octanol–water partition coefficient (Wildman–Crippen LogP) is 5.51. The van der Waals surface area contributed by atoms with Gasteiger partial charge in [0, 0.05) is 10.9 Å². The van der Waals surface area contributed by atoms with Gasteiger partial charge in [-0.3, -0.25) is 4.79 Å². The number of hydrogen-bond donors (Lipinski definition) is 0. The Bertz CT molecular complexity index is 966. The number of benzene rings is 2. The average molecular weight is 441 g/mol. The van der Waals surface area contributed by atoms with E-state index in [0.29, 0.717) is 11.3 Å². The quantitative estimate of drug-likeness (QED) is 0.536. The van der Waals surface area contributed by atoms with Gasteiger partial charge in [0.2, 0.25) is 0 Å². The van der Waals surface area contributed by atoms with E-state index >= 15 is 0 Å². The smallest absolute Gasteiger partial charge is 0.284 e. The molecule has 1 unspecified atom stereocenters. The molecule has 0 N–H and O–H groups in total. The molecular formula is C21H17BrN2O2S. The molecule has 0 spiro atoms. The molecule has 6 heteroatoms. The topological polar surface area (TPSA) is 41.9 Å². The van der Waals surface area contributed by atoms with Crippen molar-refractivity contribution in [3.05, 3.63) is 86.5 Å². The van der Waals surface area contributed by atoms with Gasteiger partial charge in [-0.25, -0.2) is 5.01 Å². The average Bonchev–Trinajstić information content (AvgIpc) is 3.38. The summed E-state index contributed by atoms with van der Waals surface area (Å²) < 4.78 is 6.27. The van der Waals surface area contributed by atoms with Crippen LogP contribution >= 0.6 is 27.3 Å². The van der Waals surface area contributed by atoms with Crippen LogP contribution in [0.25, 0.3) is 0 Å². The monoisotopic (exact) mass is 440 g/mol. The summed E-state index contributed by atoms with van der Waals surface area (Å²) in [4.78, 5) is 13.7. The van der Waals surface area contributed by atoms with Gasteiger partial charge in [0.05, 0.1) is 23.7 Å². The molecule has 0 bridgehead atoms. The summed E-state index contributed by atoms with van der Waals surface area (Å²) in [6.07, 6.45) is 0.672. The van der Waals surface area contributed by atoms with E-state index in [0.717, 1.165) is 27.1 Å². The molecule has 0 saturated heterocycles. The number of carbonyl (C=O) groups excluding carboxylic acids is 1. The molecule has 136 valence electrons. The van der Waals surface area contributed by atoms with Crippen molar-refractivity contribution in [1.29, 1.82) is 0 Å². The number of hydrazone groups is 1. The van der Waals surface area contributed by atoms with Crippen LogP contribution in [-0.2, 0) is 0 Å². The molecule has 3 aromatic rings. The van der Waals surface area contributed by atoms with Crippen molar-refractivity contribution in [1.82, 2.24) is 5.01 Å². The normalized spacial score (nSPS) is 16.3. The summed E-state index contributed by atoms with van der Waals surface area (Å²) in [5.74, 6) is 0.722. The number of halogens is 1. The Labute approximate surface area is 170 Å². The van der Waals surface area contributed by atoms with Crippen LogP contribution in [0.4, 0.5) is 0 Å². The van der Waals surface area contributed by atoms with Gasteiger partial charge in [-0.05, 0) is 46.8 Å². The maximum absolute atomic E-state index is 13.0. The van der Waals surface area contributed by atoms with Gasteiger partial charge < -0.3 is 4.74 Å². The second-order valence-corrected chi connectivity index (χ2v) is 8.04. The maximum Gasteiger partial charge on any atom is 0.284 e. The zero-order valence-corrected chi connectivity index (χ0v) is 17.0. The molecular weight excluding hydrogens is 424 g/mol. The molecule has 0 aliphatic carbocycles. The summed E-state index contributed by atoms with van der Waals surface area (Å²) in [5.41, 5.74) is 2.97. The van der Waals surface area contributed by atoms with Gasteiger partial charge in [-0.1, -0.05) is 46.3 Å². The first-order chi connectivity index (χ1) is 13.2. The zero-order chi connectivity index (χ0) is 18.8. The summed E-state index contributed by atoms with van der Waals surface area (Å²) in [7, 11) is 1.64. The number of hydrogen-bond acceptors (Lipinski definition) is 4. The fourth-order valence-corrected chi connectivity index (χ4v) is 4.03. The molecule has 1 aliphatic rings. The number of thiophene rings is 1. The van der Waals surface area contributed by atoms with E-state index in [1.165, 1.54) is 11.3 Å².